The minimum Gasteiger partial charge on any atom is -0.302 e. The number of carbonyl (C=O) groups excluding carboxylic acids is 1. The van der Waals surface area contributed by atoms with Crippen LogP contribution in [0.3, 0.4) is 0 Å². The van der Waals surface area contributed by atoms with Crippen LogP contribution in [0, 0.1) is 5.92 Å². The third-order valence-electron chi connectivity index (χ3n) is 4.56. The Labute approximate surface area is 132 Å². The number of nitrogens with one attached hydrogen (secondary N) is 1. The summed E-state index contributed by atoms with van der Waals surface area (Å²) in [7, 11) is 0. The number of hydrogen-bond donors (Lipinski definition) is 1. The van der Waals surface area contributed by atoms with Gasteiger partial charge >= 0.3 is 0 Å². The zero-order chi connectivity index (χ0) is 15.4. The molecule has 1 N–H and O–H groups in total. The maximum Gasteiger partial charge on any atom is 0.139 e. The molecule has 0 amide bonds. The number of hydrogen-bond acceptors (Lipinski definition) is 2. The summed E-state index contributed by atoms with van der Waals surface area (Å²) in [6.45, 7) is 2.15. The van der Waals surface area contributed by atoms with Gasteiger partial charge in [-0.05, 0) is 17.5 Å². The smallest absolute Gasteiger partial charge is 0.139 e. The van der Waals surface area contributed by atoms with Crippen molar-refractivity contribution in [1.29, 1.82) is 0 Å². The first-order valence-corrected chi connectivity index (χ1v) is 8.18. The van der Waals surface area contributed by atoms with Crippen LogP contribution in [0.5, 0.6) is 0 Å². The van der Waals surface area contributed by atoms with Crippen LogP contribution in [0.2, 0.25) is 0 Å². The quantitative estimate of drug-likeness (QED) is 0.902. The van der Waals surface area contributed by atoms with Gasteiger partial charge in [0.15, 0.2) is 0 Å². The number of piperidine rings is 1. The molecule has 22 heavy (non-hydrogen) atoms. The highest BCUT2D eigenvalue weighted by Gasteiger charge is 2.36. The molecule has 3 rings (SSSR count). The molecule has 1 aliphatic rings. The first kappa shape index (κ1) is 15.0. The second-order valence-corrected chi connectivity index (χ2v) is 6.08. The molecule has 0 radical (unpaired) electrons. The Hall–Kier alpha value is -1.93. The van der Waals surface area contributed by atoms with Crippen LogP contribution in [0.25, 0.3) is 0 Å². The van der Waals surface area contributed by atoms with Crippen molar-refractivity contribution in [3.8, 4) is 0 Å². The summed E-state index contributed by atoms with van der Waals surface area (Å²) in [5.41, 5.74) is 2.42. The molecule has 1 fully saturated rings. The van der Waals surface area contributed by atoms with Crippen LogP contribution in [0.4, 0.5) is 0 Å². The summed E-state index contributed by atoms with van der Waals surface area (Å²) in [6, 6.07) is 20.9. The predicted molar refractivity (Wildman–Crippen MR) is 89.5 cm³/mol. The first-order valence-electron chi connectivity index (χ1n) is 8.18. The Morgan fingerprint density at radius 2 is 1.55 bits per heavy atom. The van der Waals surface area contributed by atoms with Gasteiger partial charge in [0.2, 0.25) is 0 Å². The maximum absolute atomic E-state index is 12.7. The third-order valence-corrected chi connectivity index (χ3v) is 4.56. The minimum absolute atomic E-state index is 0.0902. The number of Topliss-reactive ketones (excluding diaryl/α,β-unsaturated/α-hetero) is 1. The van der Waals surface area contributed by atoms with Crippen molar-refractivity contribution < 1.29 is 4.79 Å². The van der Waals surface area contributed by atoms with Crippen LogP contribution >= 0.6 is 0 Å². The van der Waals surface area contributed by atoms with Crippen molar-refractivity contribution in [1.82, 2.24) is 5.32 Å². The number of ketones is 1. The van der Waals surface area contributed by atoms with Crippen molar-refractivity contribution in [2.45, 2.75) is 38.3 Å². The summed E-state index contributed by atoms with van der Waals surface area (Å²) in [4.78, 5) is 12.7. The Morgan fingerprint density at radius 1 is 0.955 bits per heavy atom. The molecule has 0 spiro atoms. The fourth-order valence-electron chi connectivity index (χ4n) is 3.46. The van der Waals surface area contributed by atoms with Crippen LogP contribution in [0.15, 0.2) is 60.7 Å². The molecule has 1 saturated heterocycles. The van der Waals surface area contributed by atoms with E-state index in [0.717, 1.165) is 12.8 Å². The average Bonchev–Trinajstić information content (AvgIpc) is 2.58. The van der Waals surface area contributed by atoms with Gasteiger partial charge in [-0.25, -0.2) is 0 Å². The van der Waals surface area contributed by atoms with Gasteiger partial charge < -0.3 is 5.32 Å². The van der Waals surface area contributed by atoms with E-state index >= 15 is 0 Å². The van der Waals surface area contributed by atoms with E-state index in [0.29, 0.717) is 12.2 Å². The van der Waals surface area contributed by atoms with Crippen molar-refractivity contribution in [2.75, 3.05) is 0 Å². The fourth-order valence-corrected chi connectivity index (χ4v) is 3.46. The van der Waals surface area contributed by atoms with Crippen LogP contribution in [0.1, 0.15) is 49.4 Å². The van der Waals surface area contributed by atoms with E-state index in [4.69, 9.17) is 0 Å². The van der Waals surface area contributed by atoms with Crippen LogP contribution in [-0.4, -0.2) is 5.78 Å². The summed E-state index contributed by atoms with van der Waals surface area (Å²) < 4.78 is 0. The zero-order valence-electron chi connectivity index (χ0n) is 13.0. The number of carbonyl (C=O) groups is 1. The maximum atomic E-state index is 12.7. The summed E-state index contributed by atoms with van der Waals surface area (Å²) >= 11 is 0. The highest BCUT2D eigenvalue weighted by molar-refractivity contribution is 5.83. The molecular weight excluding hydrogens is 270 g/mol. The van der Waals surface area contributed by atoms with E-state index < -0.39 is 0 Å². The Balaban J connectivity index is 1.90. The number of rotatable bonds is 4. The standard InChI is InChI=1S/C20H23NO/c1-2-9-17-19(22)14-18(15-10-5-3-6-11-15)21-20(17)16-12-7-4-8-13-16/h3-8,10-13,17-18,20-21H,2,9,14H2,1H3/t17-,18-,20-/m1/s1. The second kappa shape index (κ2) is 6.89. The predicted octanol–water partition coefficient (Wildman–Crippen LogP) is 4.45. The van der Waals surface area contributed by atoms with Crippen LogP contribution < -0.4 is 5.32 Å². The molecule has 2 heteroatoms. The lowest BCUT2D eigenvalue weighted by molar-refractivity contribution is -0.127. The zero-order valence-corrected chi connectivity index (χ0v) is 13.0. The van der Waals surface area contributed by atoms with Crippen molar-refractivity contribution in [3.63, 3.8) is 0 Å². The lowest BCUT2D eigenvalue weighted by Crippen LogP contribution is -2.42. The second-order valence-electron chi connectivity index (χ2n) is 6.08. The van der Waals surface area contributed by atoms with Crippen molar-refractivity contribution >= 4 is 5.78 Å². The van der Waals surface area contributed by atoms with Crippen molar-refractivity contribution in [3.05, 3.63) is 71.8 Å². The van der Waals surface area contributed by atoms with E-state index in [2.05, 4.69) is 48.6 Å². The fraction of sp³-hybridized carbons (Fsp3) is 0.350. The SMILES string of the molecule is CCC[C@@H]1C(=O)C[C@H](c2ccccc2)N[C@@H]1c1ccccc1. The lowest BCUT2D eigenvalue weighted by atomic mass is 9.79. The highest BCUT2D eigenvalue weighted by atomic mass is 16.1. The summed E-state index contributed by atoms with van der Waals surface area (Å²) in [6.07, 6.45) is 2.59. The molecule has 0 aliphatic carbocycles. The molecule has 0 saturated carbocycles. The van der Waals surface area contributed by atoms with Crippen LogP contribution in [-0.2, 0) is 4.79 Å². The molecule has 114 valence electrons. The Bertz CT molecular complexity index is 608. The molecule has 2 nitrogen and oxygen atoms in total. The van der Waals surface area contributed by atoms with Crippen molar-refractivity contribution in [2.24, 2.45) is 5.92 Å². The topological polar surface area (TPSA) is 29.1 Å². The molecule has 1 aliphatic heterocycles. The molecule has 2 aromatic rings. The van der Waals surface area contributed by atoms with Gasteiger partial charge in [0.25, 0.3) is 0 Å². The summed E-state index contributed by atoms with van der Waals surface area (Å²) in [5.74, 6) is 0.482. The van der Waals surface area contributed by atoms with E-state index in [1.54, 1.807) is 0 Å². The minimum atomic E-state index is 0.0902. The largest absolute Gasteiger partial charge is 0.302 e. The van der Waals surface area contributed by atoms with E-state index in [1.807, 2.05) is 24.3 Å². The van der Waals surface area contributed by atoms with Gasteiger partial charge in [0.05, 0.1) is 0 Å². The van der Waals surface area contributed by atoms with Gasteiger partial charge in [0, 0.05) is 24.4 Å². The monoisotopic (exact) mass is 293 g/mol. The van der Waals surface area contributed by atoms with E-state index in [9.17, 15) is 4.79 Å². The molecule has 0 unspecified atom stereocenters. The third kappa shape index (κ3) is 3.12. The van der Waals surface area contributed by atoms with Gasteiger partial charge in [-0.3, -0.25) is 4.79 Å². The van der Waals surface area contributed by atoms with Gasteiger partial charge in [-0.2, -0.15) is 0 Å². The number of benzene rings is 2. The molecular formula is C20H23NO. The molecule has 3 atom stereocenters. The van der Waals surface area contributed by atoms with Gasteiger partial charge in [-0.15, -0.1) is 0 Å². The molecule has 1 heterocycles. The highest BCUT2D eigenvalue weighted by Crippen LogP contribution is 2.36. The Kier molecular flexibility index (Phi) is 4.69. The molecule has 0 aromatic heterocycles. The summed E-state index contributed by atoms with van der Waals surface area (Å²) in [5, 5.41) is 3.73. The van der Waals surface area contributed by atoms with Gasteiger partial charge in [0.1, 0.15) is 5.78 Å². The lowest BCUT2D eigenvalue weighted by Gasteiger charge is -2.37. The molecule has 0 bridgehead atoms. The normalized spacial score (nSPS) is 25.1. The average molecular weight is 293 g/mol. The first-order chi connectivity index (χ1) is 10.8. The van der Waals surface area contributed by atoms with E-state index in [-0.39, 0.29) is 18.0 Å². The Morgan fingerprint density at radius 3 is 2.14 bits per heavy atom. The van der Waals surface area contributed by atoms with E-state index in [1.165, 1.54) is 11.1 Å². The molecule has 2 aromatic carbocycles. The van der Waals surface area contributed by atoms with Gasteiger partial charge in [-0.1, -0.05) is 74.0 Å².